The number of ether oxygens (including phenoxy) is 1. The van der Waals surface area contributed by atoms with Crippen molar-refractivity contribution in [2.24, 2.45) is 23.7 Å². The standard InChI is InChI=1S/C27H36O5/c1-4-5-9-19(2)10-8-12-22-14-15-23-16-21(17-24(22)23)11-6-7-13-26(28)30-18-25-20(3)31-27(29)32-25/h8,11-12,19,22-24H,6-7,9-10,13-18H2,1-3H3/b12-8+,21-11+. The first-order chi connectivity index (χ1) is 15.5. The monoisotopic (exact) mass is 440 g/mol. The second kappa shape index (κ2) is 11.9. The van der Waals surface area contributed by atoms with Gasteiger partial charge in [0.1, 0.15) is 0 Å². The molecule has 0 spiro atoms. The highest BCUT2D eigenvalue weighted by Crippen LogP contribution is 2.50. The highest BCUT2D eigenvalue weighted by atomic mass is 16.6. The Bertz CT molecular complexity index is 935. The lowest BCUT2D eigenvalue weighted by molar-refractivity contribution is -0.145. The van der Waals surface area contributed by atoms with Crippen molar-refractivity contribution in [3.63, 3.8) is 0 Å². The summed E-state index contributed by atoms with van der Waals surface area (Å²) in [5.41, 5.74) is 1.56. The minimum Gasteiger partial charge on any atom is -0.457 e. The van der Waals surface area contributed by atoms with E-state index < -0.39 is 5.82 Å². The van der Waals surface area contributed by atoms with Crippen LogP contribution in [0.2, 0.25) is 0 Å². The summed E-state index contributed by atoms with van der Waals surface area (Å²) in [4.78, 5) is 22.9. The summed E-state index contributed by atoms with van der Waals surface area (Å²) in [6.45, 7) is 5.74. The van der Waals surface area contributed by atoms with Crippen LogP contribution in [-0.4, -0.2) is 5.97 Å². The smallest absolute Gasteiger partial charge is 0.457 e. The maximum atomic E-state index is 11.9. The molecule has 0 aromatic carbocycles. The van der Waals surface area contributed by atoms with E-state index >= 15 is 0 Å². The molecule has 0 N–H and O–H groups in total. The highest BCUT2D eigenvalue weighted by Gasteiger charge is 2.39. The Morgan fingerprint density at radius 3 is 2.88 bits per heavy atom. The SMILES string of the molecule is CC#CCC(C)C/C=C/C1CCC2C/C(=C\CCCC(=O)OCc3oc(=O)oc3C)CC12. The molecular weight excluding hydrogens is 404 g/mol. The molecular formula is C27H36O5. The van der Waals surface area contributed by atoms with E-state index in [1.807, 2.05) is 6.92 Å². The topological polar surface area (TPSA) is 69.7 Å². The summed E-state index contributed by atoms with van der Waals surface area (Å²) in [7, 11) is 0. The summed E-state index contributed by atoms with van der Waals surface area (Å²) in [6, 6.07) is 0. The van der Waals surface area contributed by atoms with E-state index in [0.717, 1.165) is 43.4 Å². The Balaban J connectivity index is 1.35. The van der Waals surface area contributed by atoms with Gasteiger partial charge >= 0.3 is 11.8 Å². The molecule has 4 atom stereocenters. The third kappa shape index (κ3) is 7.02. The zero-order chi connectivity index (χ0) is 22.9. The van der Waals surface area contributed by atoms with Gasteiger partial charge in [0, 0.05) is 12.8 Å². The lowest BCUT2D eigenvalue weighted by Gasteiger charge is -2.14. The van der Waals surface area contributed by atoms with Crippen LogP contribution in [0.15, 0.2) is 37.4 Å². The van der Waals surface area contributed by atoms with Crippen LogP contribution in [-0.2, 0) is 16.1 Å². The van der Waals surface area contributed by atoms with Gasteiger partial charge in [-0.2, -0.15) is 0 Å². The molecule has 2 aliphatic carbocycles. The molecule has 0 saturated heterocycles. The molecule has 3 rings (SSSR count). The van der Waals surface area contributed by atoms with Gasteiger partial charge in [0.15, 0.2) is 18.1 Å². The number of fused-ring (bicyclic) bond motifs is 1. The van der Waals surface area contributed by atoms with E-state index in [1.54, 1.807) is 12.5 Å². The Kier molecular flexibility index (Phi) is 9.02. The van der Waals surface area contributed by atoms with Gasteiger partial charge in [0.05, 0.1) is 0 Å². The number of esters is 1. The van der Waals surface area contributed by atoms with Crippen LogP contribution in [0.4, 0.5) is 0 Å². The molecule has 1 aromatic heterocycles. The van der Waals surface area contributed by atoms with E-state index in [1.165, 1.54) is 25.7 Å². The first kappa shape index (κ1) is 24.2. The summed E-state index contributed by atoms with van der Waals surface area (Å²) in [5, 5.41) is 0. The number of carbonyl (C=O) groups is 1. The molecule has 174 valence electrons. The minimum absolute atomic E-state index is 0.0550. The van der Waals surface area contributed by atoms with Crippen molar-refractivity contribution >= 4 is 5.97 Å². The maximum absolute atomic E-state index is 11.9. The van der Waals surface area contributed by atoms with Crippen LogP contribution in [0, 0.1) is 42.4 Å². The largest absolute Gasteiger partial charge is 0.519 e. The van der Waals surface area contributed by atoms with E-state index in [2.05, 4.69) is 37.0 Å². The fraction of sp³-hybridized carbons (Fsp3) is 0.630. The van der Waals surface area contributed by atoms with Crippen molar-refractivity contribution in [2.45, 2.75) is 85.2 Å². The predicted octanol–water partition coefficient (Wildman–Crippen LogP) is 6.11. The summed E-state index contributed by atoms with van der Waals surface area (Å²) in [6.07, 6.45) is 16.4. The quantitative estimate of drug-likeness (QED) is 0.190. The number of rotatable bonds is 10. The Labute approximate surface area is 191 Å². The number of aryl methyl sites for hydroxylation is 1. The third-order valence-corrected chi connectivity index (χ3v) is 6.82. The molecule has 32 heavy (non-hydrogen) atoms. The van der Waals surface area contributed by atoms with Crippen LogP contribution < -0.4 is 5.82 Å². The molecule has 1 heterocycles. The van der Waals surface area contributed by atoms with Crippen LogP contribution in [0.3, 0.4) is 0 Å². The van der Waals surface area contributed by atoms with Crippen molar-refractivity contribution in [1.29, 1.82) is 0 Å². The Hall–Kier alpha value is -2.48. The minimum atomic E-state index is -0.768. The van der Waals surface area contributed by atoms with Gasteiger partial charge in [-0.3, -0.25) is 4.79 Å². The zero-order valence-electron chi connectivity index (χ0n) is 19.7. The van der Waals surface area contributed by atoms with Crippen molar-refractivity contribution in [2.75, 3.05) is 0 Å². The summed E-state index contributed by atoms with van der Waals surface area (Å²) in [5.74, 6) is 8.72. The Morgan fingerprint density at radius 2 is 2.12 bits per heavy atom. The number of unbranched alkanes of at least 4 members (excludes halogenated alkanes) is 1. The average molecular weight is 441 g/mol. The van der Waals surface area contributed by atoms with Gasteiger partial charge < -0.3 is 13.6 Å². The molecule has 2 saturated carbocycles. The van der Waals surface area contributed by atoms with E-state index in [4.69, 9.17) is 13.6 Å². The van der Waals surface area contributed by atoms with Crippen LogP contribution in [0.1, 0.15) is 83.2 Å². The lowest BCUT2D eigenvalue weighted by atomic mass is 9.91. The van der Waals surface area contributed by atoms with Crippen LogP contribution in [0.25, 0.3) is 0 Å². The van der Waals surface area contributed by atoms with Gasteiger partial charge in [-0.05, 0) is 82.5 Å². The number of hydrogen-bond acceptors (Lipinski definition) is 5. The van der Waals surface area contributed by atoms with Gasteiger partial charge in [-0.1, -0.05) is 30.7 Å². The number of carbonyl (C=O) groups excluding carboxylic acids is 1. The molecule has 0 radical (unpaired) electrons. The first-order valence-corrected chi connectivity index (χ1v) is 12.0. The van der Waals surface area contributed by atoms with Crippen molar-refractivity contribution in [1.82, 2.24) is 0 Å². The highest BCUT2D eigenvalue weighted by molar-refractivity contribution is 5.69. The normalized spacial score (nSPS) is 24.5. The molecule has 0 bridgehead atoms. The van der Waals surface area contributed by atoms with E-state index in [0.29, 0.717) is 18.1 Å². The number of hydrogen-bond donors (Lipinski definition) is 0. The lowest BCUT2D eigenvalue weighted by Crippen LogP contribution is -2.06. The van der Waals surface area contributed by atoms with Gasteiger partial charge in [-0.25, -0.2) is 4.79 Å². The fourth-order valence-corrected chi connectivity index (χ4v) is 5.01. The molecule has 2 aliphatic rings. The molecule has 2 fully saturated rings. The van der Waals surface area contributed by atoms with Crippen LogP contribution in [0.5, 0.6) is 0 Å². The third-order valence-electron chi connectivity index (χ3n) is 6.82. The van der Waals surface area contributed by atoms with Gasteiger partial charge in [-0.15, -0.1) is 11.8 Å². The molecule has 5 heteroatoms. The fourth-order valence-electron chi connectivity index (χ4n) is 5.01. The van der Waals surface area contributed by atoms with Crippen LogP contribution >= 0.6 is 0 Å². The van der Waals surface area contributed by atoms with Gasteiger partial charge in [0.25, 0.3) is 0 Å². The molecule has 0 amide bonds. The number of allylic oxidation sites excluding steroid dienone is 4. The zero-order valence-corrected chi connectivity index (χ0v) is 19.7. The maximum Gasteiger partial charge on any atom is 0.519 e. The van der Waals surface area contributed by atoms with E-state index in [-0.39, 0.29) is 18.3 Å². The van der Waals surface area contributed by atoms with E-state index in [9.17, 15) is 9.59 Å². The molecule has 5 nitrogen and oxygen atoms in total. The summed E-state index contributed by atoms with van der Waals surface area (Å²) >= 11 is 0. The summed E-state index contributed by atoms with van der Waals surface area (Å²) < 4.78 is 14.8. The predicted molar refractivity (Wildman–Crippen MR) is 124 cm³/mol. The average Bonchev–Trinajstić information content (AvgIpc) is 3.42. The van der Waals surface area contributed by atoms with Crippen molar-refractivity contribution in [3.05, 3.63) is 45.9 Å². The molecule has 4 unspecified atom stereocenters. The second-order valence-electron chi connectivity index (χ2n) is 9.32. The van der Waals surface area contributed by atoms with Crippen molar-refractivity contribution < 1.29 is 18.4 Å². The molecule has 0 aliphatic heterocycles. The first-order valence-electron chi connectivity index (χ1n) is 12.0. The van der Waals surface area contributed by atoms with Gasteiger partial charge in [0.2, 0.25) is 0 Å². The van der Waals surface area contributed by atoms with Crippen molar-refractivity contribution in [3.8, 4) is 11.8 Å². The molecule has 1 aromatic rings. The second-order valence-corrected chi connectivity index (χ2v) is 9.32. The Morgan fingerprint density at radius 1 is 1.28 bits per heavy atom.